The van der Waals surface area contributed by atoms with E-state index in [1.807, 2.05) is 10.2 Å². The lowest BCUT2D eigenvalue weighted by atomic mass is 10.5. The molecule has 0 fully saturated rings. The minimum Gasteiger partial charge on any atom is -0.401 e. The van der Waals surface area contributed by atoms with Gasteiger partial charge in [-0.25, -0.2) is 3.11 Å². The van der Waals surface area contributed by atoms with Gasteiger partial charge in [0.2, 0.25) is 0 Å². The van der Waals surface area contributed by atoms with E-state index in [0.29, 0.717) is 5.70 Å². The van der Waals surface area contributed by atoms with Gasteiger partial charge in [-0.15, -0.1) is 0 Å². The zero-order chi connectivity index (χ0) is 5.86. The van der Waals surface area contributed by atoms with Crippen molar-refractivity contribution in [3.05, 3.63) is 12.3 Å². The van der Waals surface area contributed by atoms with Crippen LogP contribution in [0.1, 0.15) is 0 Å². The van der Waals surface area contributed by atoms with Gasteiger partial charge in [0, 0.05) is 35.1 Å². The maximum Gasteiger partial charge on any atom is 0.0468 e. The zero-order valence-corrected chi connectivity index (χ0v) is 6.47. The van der Waals surface area contributed by atoms with E-state index < -0.39 is 0 Å². The first-order valence-corrected chi connectivity index (χ1v) is 2.89. The summed E-state index contributed by atoms with van der Waals surface area (Å²) in [5.41, 5.74) is 5.96. The minimum absolute atomic E-state index is 0.705. The molecule has 0 aromatic rings. The van der Waals surface area contributed by atoms with E-state index >= 15 is 0 Å². The van der Waals surface area contributed by atoms with Crippen LogP contribution in [0.2, 0.25) is 0 Å². The van der Waals surface area contributed by atoms with Gasteiger partial charge in [0.15, 0.2) is 0 Å². The fraction of sp³-hybridized carbons (Fsp3) is 0.500. The van der Waals surface area contributed by atoms with Crippen molar-refractivity contribution in [1.29, 1.82) is 0 Å². The highest BCUT2D eigenvalue weighted by molar-refractivity contribution is 14.1. The molecule has 0 aliphatic rings. The number of nitrogens with two attached hydrogens (primary N) is 1. The summed E-state index contributed by atoms with van der Waals surface area (Å²) in [5.74, 6) is 0. The van der Waals surface area contributed by atoms with Gasteiger partial charge in [-0.2, -0.15) is 0 Å². The Kier molecular flexibility index (Phi) is 3.37. The Labute approximate surface area is 57.9 Å². The summed E-state index contributed by atoms with van der Waals surface area (Å²) < 4.78 is 1.94. The Morgan fingerprint density at radius 3 is 2.43 bits per heavy atom. The first-order chi connectivity index (χ1) is 3.13. The molecule has 2 nitrogen and oxygen atoms in total. The number of hydrogen-bond donors (Lipinski definition) is 1. The zero-order valence-electron chi connectivity index (χ0n) is 4.32. The Balaban J connectivity index is 3.13. The maximum absolute atomic E-state index is 5.25. The van der Waals surface area contributed by atoms with Crippen molar-refractivity contribution < 1.29 is 0 Å². The second kappa shape index (κ2) is 3.26. The van der Waals surface area contributed by atoms with Crippen molar-refractivity contribution >= 4 is 22.9 Å². The molecule has 0 unspecified atom stereocenters. The molecule has 0 spiro atoms. The topological polar surface area (TPSA) is 29.3 Å². The van der Waals surface area contributed by atoms with Gasteiger partial charge in [-0.3, -0.25) is 0 Å². The number of rotatable bonds is 2. The summed E-state index contributed by atoms with van der Waals surface area (Å²) in [5, 5.41) is 0. The average molecular weight is 212 g/mol. The van der Waals surface area contributed by atoms with Gasteiger partial charge in [-0.05, 0) is 7.05 Å². The predicted molar refractivity (Wildman–Crippen MR) is 40.0 cm³/mol. The molecule has 0 aromatic heterocycles. The molecule has 3 heteroatoms. The van der Waals surface area contributed by atoms with E-state index in [-0.39, 0.29) is 0 Å². The van der Waals surface area contributed by atoms with Crippen molar-refractivity contribution in [2.24, 2.45) is 5.73 Å². The van der Waals surface area contributed by atoms with Gasteiger partial charge in [-0.1, -0.05) is 6.58 Å². The molecular weight excluding hydrogens is 203 g/mol. The van der Waals surface area contributed by atoms with Crippen molar-refractivity contribution in [3.8, 4) is 0 Å². The summed E-state index contributed by atoms with van der Waals surface area (Å²) in [6, 6.07) is 0. The first-order valence-electron chi connectivity index (χ1n) is 1.93. The first kappa shape index (κ1) is 7.23. The molecule has 2 N–H and O–H groups in total. The average Bonchev–Trinajstić information content (AvgIpc) is 1.27. The molecule has 7 heavy (non-hydrogen) atoms. The number of likely N-dealkylation sites (N-methyl/N-ethyl adjacent to an activating group) is 1. The second-order valence-electron chi connectivity index (χ2n) is 1.42. The number of halogens is 1. The molecule has 0 atom stereocenters. The molecule has 0 bridgehead atoms. The SMILES string of the molecule is C=C(N)CN(C)I. The molecule has 0 rings (SSSR count). The Morgan fingerprint density at radius 1 is 2.00 bits per heavy atom. The van der Waals surface area contributed by atoms with Crippen LogP contribution in [0.4, 0.5) is 0 Å². The molecule has 0 amide bonds. The molecule has 0 aliphatic heterocycles. The second-order valence-corrected chi connectivity index (χ2v) is 3.07. The Bertz CT molecular complexity index is 70.1. The normalized spacial score (nSPS) is 9.57. The molecule has 0 saturated heterocycles. The van der Waals surface area contributed by atoms with Crippen LogP contribution in [0.15, 0.2) is 12.3 Å². The van der Waals surface area contributed by atoms with E-state index in [0.717, 1.165) is 6.54 Å². The lowest BCUT2D eigenvalue weighted by Crippen LogP contribution is -2.12. The van der Waals surface area contributed by atoms with Crippen LogP contribution in [0.5, 0.6) is 0 Å². The van der Waals surface area contributed by atoms with Crippen LogP contribution in [0.3, 0.4) is 0 Å². The number of nitrogens with zero attached hydrogens (tertiary/aromatic N) is 1. The van der Waals surface area contributed by atoms with E-state index in [9.17, 15) is 0 Å². The summed E-state index contributed by atoms with van der Waals surface area (Å²) >= 11 is 2.15. The minimum atomic E-state index is 0.705. The van der Waals surface area contributed by atoms with Crippen molar-refractivity contribution in [2.45, 2.75) is 0 Å². The summed E-state index contributed by atoms with van der Waals surface area (Å²) in [6.45, 7) is 4.29. The summed E-state index contributed by atoms with van der Waals surface area (Å²) in [6.07, 6.45) is 0. The highest BCUT2D eigenvalue weighted by atomic mass is 127. The lowest BCUT2D eigenvalue weighted by molar-refractivity contribution is 0.663. The van der Waals surface area contributed by atoms with Gasteiger partial charge >= 0.3 is 0 Å². The third-order valence-electron chi connectivity index (χ3n) is 0.421. The Hall–Kier alpha value is 0.230. The van der Waals surface area contributed by atoms with Crippen molar-refractivity contribution in [2.75, 3.05) is 13.6 Å². The van der Waals surface area contributed by atoms with Crippen LogP contribution >= 0.6 is 22.9 Å². The van der Waals surface area contributed by atoms with E-state index in [1.165, 1.54) is 0 Å². The largest absolute Gasteiger partial charge is 0.401 e. The molecule has 0 aliphatic carbocycles. The van der Waals surface area contributed by atoms with E-state index in [1.54, 1.807) is 0 Å². The molecule has 0 radical (unpaired) electrons. The fourth-order valence-electron chi connectivity index (χ4n) is 0.280. The van der Waals surface area contributed by atoms with E-state index in [4.69, 9.17) is 5.73 Å². The summed E-state index contributed by atoms with van der Waals surface area (Å²) in [7, 11) is 1.94. The fourth-order valence-corrected chi connectivity index (χ4v) is 0.718. The van der Waals surface area contributed by atoms with Crippen LogP contribution in [-0.4, -0.2) is 16.7 Å². The smallest absolute Gasteiger partial charge is 0.0468 e. The standard InChI is InChI=1S/C4H9IN2/c1-4(6)3-7(2)5/h1,3,6H2,2H3. The van der Waals surface area contributed by atoms with Crippen LogP contribution < -0.4 is 5.73 Å². The molecule has 0 heterocycles. The highest BCUT2D eigenvalue weighted by Gasteiger charge is 1.87. The molecule has 0 saturated carbocycles. The van der Waals surface area contributed by atoms with Gasteiger partial charge < -0.3 is 5.73 Å². The highest BCUT2D eigenvalue weighted by Crippen LogP contribution is 1.92. The lowest BCUT2D eigenvalue weighted by Gasteiger charge is -2.03. The predicted octanol–water partition coefficient (Wildman–Crippen LogP) is 0.741. The van der Waals surface area contributed by atoms with E-state index in [2.05, 4.69) is 29.4 Å². The maximum atomic E-state index is 5.25. The quantitative estimate of drug-likeness (QED) is 0.540. The molecular formula is C4H9IN2. The third-order valence-corrected chi connectivity index (χ3v) is 0.762. The van der Waals surface area contributed by atoms with Crippen LogP contribution in [0.25, 0.3) is 0 Å². The molecule has 0 aromatic carbocycles. The Morgan fingerprint density at radius 2 is 2.43 bits per heavy atom. The summed E-state index contributed by atoms with van der Waals surface area (Å²) in [4.78, 5) is 0. The van der Waals surface area contributed by atoms with Crippen molar-refractivity contribution in [3.63, 3.8) is 0 Å². The van der Waals surface area contributed by atoms with Gasteiger partial charge in [0.05, 0.1) is 0 Å². The van der Waals surface area contributed by atoms with Gasteiger partial charge in [0.25, 0.3) is 0 Å². The van der Waals surface area contributed by atoms with Crippen LogP contribution in [0, 0.1) is 0 Å². The van der Waals surface area contributed by atoms with Gasteiger partial charge in [0.1, 0.15) is 0 Å². The van der Waals surface area contributed by atoms with Crippen molar-refractivity contribution in [1.82, 2.24) is 3.11 Å². The molecule has 42 valence electrons. The number of hydrogen-bond acceptors (Lipinski definition) is 2. The third kappa shape index (κ3) is 6.23. The monoisotopic (exact) mass is 212 g/mol. The van der Waals surface area contributed by atoms with Crippen LogP contribution in [-0.2, 0) is 0 Å².